The van der Waals surface area contributed by atoms with Crippen LogP contribution in [0.25, 0.3) is 21.9 Å². The Morgan fingerprint density at radius 3 is 2.24 bits per heavy atom. The van der Waals surface area contributed by atoms with Crippen LogP contribution >= 0.6 is 0 Å². The molecule has 3 aromatic carbocycles. The quantitative estimate of drug-likeness (QED) is 0.745. The number of ether oxygens (including phenoxy) is 1. The van der Waals surface area contributed by atoms with Crippen molar-refractivity contribution in [3.8, 4) is 16.9 Å². The molecule has 0 aliphatic rings. The molecular weight excluding hydrogens is 320 g/mol. The molecule has 0 aliphatic carbocycles. The Hall–Kier alpha value is -3.34. The zero-order valence-electron chi connectivity index (χ0n) is 13.7. The summed E-state index contributed by atoms with van der Waals surface area (Å²) >= 11 is 0. The highest BCUT2D eigenvalue weighted by Gasteiger charge is 2.20. The van der Waals surface area contributed by atoms with Gasteiger partial charge in [0.25, 0.3) is 0 Å². The Balaban J connectivity index is 2.25. The SMILES string of the molecule is COc1ccc2ccc(-c3ccc(C(=O)O)c(C)c3C(=O)O)cc2c1. The fraction of sp³-hybridized carbons (Fsp3) is 0.100. The normalized spacial score (nSPS) is 10.6. The Labute approximate surface area is 144 Å². The second kappa shape index (κ2) is 6.28. The lowest BCUT2D eigenvalue weighted by molar-refractivity contribution is 0.0696. The first-order valence-corrected chi connectivity index (χ1v) is 7.60. The van der Waals surface area contributed by atoms with Gasteiger partial charge in [0.05, 0.1) is 18.2 Å². The van der Waals surface area contributed by atoms with Gasteiger partial charge in [0.2, 0.25) is 0 Å². The molecule has 0 amide bonds. The summed E-state index contributed by atoms with van der Waals surface area (Å²) in [4.78, 5) is 23.0. The molecule has 25 heavy (non-hydrogen) atoms. The number of hydrogen-bond donors (Lipinski definition) is 2. The van der Waals surface area contributed by atoms with Crippen molar-refractivity contribution in [2.45, 2.75) is 6.92 Å². The molecule has 0 aromatic heterocycles. The fourth-order valence-electron chi connectivity index (χ4n) is 2.98. The lowest BCUT2D eigenvalue weighted by Crippen LogP contribution is -2.09. The van der Waals surface area contributed by atoms with Crippen LogP contribution in [0.15, 0.2) is 48.5 Å². The number of methoxy groups -OCH3 is 1. The second-order valence-corrected chi connectivity index (χ2v) is 5.70. The standard InChI is InChI=1S/C20H16O5/c1-11-16(19(21)22)7-8-17(18(11)20(23)24)13-4-3-12-5-6-15(25-2)10-14(12)9-13/h3-10H,1-2H3,(H,21,22)(H,23,24). The van der Waals surface area contributed by atoms with Gasteiger partial charge in [-0.3, -0.25) is 0 Å². The van der Waals surface area contributed by atoms with Crippen LogP contribution in [-0.4, -0.2) is 29.3 Å². The third-order valence-electron chi connectivity index (χ3n) is 4.27. The van der Waals surface area contributed by atoms with Crippen molar-refractivity contribution in [2.24, 2.45) is 0 Å². The number of rotatable bonds is 4. The highest BCUT2D eigenvalue weighted by atomic mass is 16.5. The number of aromatic carboxylic acids is 2. The lowest BCUT2D eigenvalue weighted by Gasteiger charge is -2.13. The van der Waals surface area contributed by atoms with Crippen molar-refractivity contribution in [3.05, 3.63) is 65.2 Å². The van der Waals surface area contributed by atoms with E-state index in [1.54, 1.807) is 13.2 Å². The molecule has 5 nitrogen and oxygen atoms in total. The molecule has 3 aromatic rings. The van der Waals surface area contributed by atoms with Crippen LogP contribution < -0.4 is 4.74 Å². The predicted octanol–water partition coefficient (Wildman–Crippen LogP) is 4.22. The van der Waals surface area contributed by atoms with Crippen molar-refractivity contribution < 1.29 is 24.5 Å². The van der Waals surface area contributed by atoms with Crippen LogP contribution in [0, 0.1) is 6.92 Å². The van der Waals surface area contributed by atoms with Gasteiger partial charge in [0.15, 0.2) is 0 Å². The topological polar surface area (TPSA) is 83.8 Å². The molecule has 5 heteroatoms. The van der Waals surface area contributed by atoms with E-state index in [2.05, 4.69) is 0 Å². The average Bonchev–Trinajstić information content (AvgIpc) is 2.59. The monoisotopic (exact) mass is 336 g/mol. The van der Waals surface area contributed by atoms with E-state index in [1.165, 1.54) is 13.0 Å². The summed E-state index contributed by atoms with van der Waals surface area (Å²) in [5, 5.41) is 20.7. The van der Waals surface area contributed by atoms with Gasteiger partial charge < -0.3 is 14.9 Å². The number of carbonyl (C=O) groups is 2. The smallest absolute Gasteiger partial charge is 0.336 e. The van der Waals surface area contributed by atoms with E-state index in [4.69, 9.17) is 4.74 Å². The third kappa shape index (κ3) is 2.92. The molecule has 2 N–H and O–H groups in total. The molecule has 3 rings (SSSR count). The van der Waals surface area contributed by atoms with E-state index in [0.717, 1.165) is 10.8 Å². The minimum absolute atomic E-state index is 0.00199. The highest BCUT2D eigenvalue weighted by Crippen LogP contribution is 2.32. The van der Waals surface area contributed by atoms with Gasteiger partial charge >= 0.3 is 11.9 Å². The van der Waals surface area contributed by atoms with E-state index in [-0.39, 0.29) is 16.7 Å². The van der Waals surface area contributed by atoms with Gasteiger partial charge in [-0.2, -0.15) is 0 Å². The summed E-state index contributed by atoms with van der Waals surface area (Å²) < 4.78 is 5.23. The van der Waals surface area contributed by atoms with E-state index >= 15 is 0 Å². The summed E-state index contributed by atoms with van der Waals surface area (Å²) in [6.45, 7) is 1.51. The summed E-state index contributed by atoms with van der Waals surface area (Å²) in [6, 6.07) is 14.2. The van der Waals surface area contributed by atoms with Gasteiger partial charge in [-0.15, -0.1) is 0 Å². The molecule has 0 heterocycles. The van der Waals surface area contributed by atoms with Gasteiger partial charge in [-0.1, -0.05) is 24.3 Å². The second-order valence-electron chi connectivity index (χ2n) is 5.70. The van der Waals surface area contributed by atoms with E-state index in [9.17, 15) is 19.8 Å². The average molecular weight is 336 g/mol. The summed E-state index contributed by atoms with van der Waals surface area (Å²) in [7, 11) is 1.58. The molecule has 0 bridgehead atoms. The zero-order valence-corrected chi connectivity index (χ0v) is 13.7. The molecule has 0 radical (unpaired) electrons. The lowest BCUT2D eigenvalue weighted by atomic mass is 9.91. The molecule has 0 aliphatic heterocycles. The minimum Gasteiger partial charge on any atom is -0.497 e. The van der Waals surface area contributed by atoms with Gasteiger partial charge in [-0.05, 0) is 58.7 Å². The van der Waals surface area contributed by atoms with Crippen molar-refractivity contribution in [2.75, 3.05) is 7.11 Å². The minimum atomic E-state index is -1.15. The van der Waals surface area contributed by atoms with Gasteiger partial charge in [0.1, 0.15) is 5.75 Å². The Bertz CT molecular complexity index is 1000. The first-order chi connectivity index (χ1) is 11.9. The van der Waals surface area contributed by atoms with Gasteiger partial charge in [0, 0.05) is 0 Å². The van der Waals surface area contributed by atoms with Crippen molar-refractivity contribution in [1.29, 1.82) is 0 Å². The molecule has 0 unspecified atom stereocenters. The molecule has 126 valence electrons. The van der Waals surface area contributed by atoms with Crippen molar-refractivity contribution in [3.63, 3.8) is 0 Å². The van der Waals surface area contributed by atoms with Crippen LogP contribution in [-0.2, 0) is 0 Å². The third-order valence-corrected chi connectivity index (χ3v) is 4.27. The number of carboxylic acids is 2. The number of hydrogen-bond acceptors (Lipinski definition) is 3. The van der Waals surface area contributed by atoms with Crippen LogP contribution in [0.1, 0.15) is 26.3 Å². The molecule has 0 spiro atoms. The Morgan fingerprint density at radius 2 is 1.60 bits per heavy atom. The predicted molar refractivity (Wildman–Crippen MR) is 94.6 cm³/mol. The maximum absolute atomic E-state index is 11.7. The summed E-state index contributed by atoms with van der Waals surface area (Å²) in [5.74, 6) is -1.59. The number of carboxylic acid groups (broad SMARTS) is 2. The molecule has 0 saturated heterocycles. The number of fused-ring (bicyclic) bond motifs is 1. The fourth-order valence-corrected chi connectivity index (χ4v) is 2.98. The van der Waals surface area contributed by atoms with Gasteiger partial charge in [-0.25, -0.2) is 9.59 Å². The number of benzene rings is 3. The van der Waals surface area contributed by atoms with E-state index < -0.39 is 11.9 Å². The maximum Gasteiger partial charge on any atom is 0.336 e. The highest BCUT2D eigenvalue weighted by molar-refractivity contribution is 6.03. The first-order valence-electron chi connectivity index (χ1n) is 7.60. The Kier molecular flexibility index (Phi) is 4.15. The Morgan fingerprint density at radius 1 is 0.880 bits per heavy atom. The summed E-state index contributed by atoms with van der Waals surface area (Å²) in [5.41, 5.74) is 1.42. The molecular formula is C20H16O5. The zero-order chi connectivity index (χ0) is 18.1. The van der Waals surface area contributed by atoms with E-state index in [0.29, 0.717) is 16.9 Å². The van der Waals surface area contributed by atoms with Crippen LogP contribution in [0.4, 0.5) is 0 Å². The summed E-state index contributed by atoms with van der Waals surface area (Å²) in [6.07, 6.45) is 0. The van der Waals surface area contributed by atoms with Crippen LogP contribution in [0.2, 0.25) is 0 Å². The molecule has 0 saturated carbocycles. The molecule has 0 atom stereocenters. The molecule has 0 fully saturated rings. The van der Waals surface area contributed by atoms with Crippen molar-refractivity contribution in [1.82, 2.24) is 0 Å². The van der Waals surface area contributed by atoms with Crippen LogP contribution in [0.5, 0.6) is 5.75 Å². The van der Waals surface area contributed by atoms with E-state index in [1.807, 2.05) is 36.4 Å². The maximum atomic E-state index is 11.7. The van der Waals surface area contributed by atoms with Crippen LogP contribution in [0.3, 0.4) is 0 Å². The largest absolute Gasteiger partial charge is 0.497 e. The first kappa shape index (κ1) is 16.5. The van der Waals surface area contributed by atoms with Crippen molar-refractivity contribution >= 4 is 22.7 Å².